The monoisotopic (exact) mass is 267 g/mol. The summed E-state index contributed by atoms with van der Waals surface area (Å²) in [5.74, 6) is 0.789. The Morgan fingerprint density at radius 3 is 3.00 bits per heavy atom. The number of Topliss-reactive ketones (excluding diaryl/α,β-unsaturated/α-hetero) is 1. The Bertz CT molecular complexity index is 430. The molecule has 0 saturated carbocycles. The Balaban J connectivity index is 1.93. The zero-order chi connectivity index (χ0) is 13.1. The zero-order valence-electron chi connectivity index (χ0n) is 11.3. The van der Waals surface area contributed by atoms with Gasteiger partial charge < -0.3 is 10.2 Å². The van der Waals surface area contributed by atoms with Crippen LogP contribution in [0.25, 0.3) is 0 Å². The molecule has 1 aromatic heterocycles. The van der Waals surface area contributed by atoms with Crippen molar-refractivity contribution in [2.45, 2.75) is 27.2 Å². The second-order valence-electron chi connectivity index (χ2n) is 4.96. The van der Waals surface area contributed by atoms with Crippen LogP contribution in [0.15, 0.2) is 0 Å². The average molecular weight is 267 g/mol. The summed E-state index contributed by atoms with van der Waals surface area (Å²) in [6.07, 6.45) is 1.24. The maximum absolute atomic E-state index is 11.6. The normalized spacial score (nSPS) is 20.3. The quantitative estimate of drug-likeness (QED) is 0.832. The van der Waals surface area contributed by atoms with Crippen molar-refractivity contribution >= 4 is 22.3 Å². The number of aromatic nitrogens is 1. The topological polar surface area (TPSA) is 45.2 Å². The van der Waals surface area contributed by atoms with Gasteiger partial charge in [-0.1, -0.05) is 6.92 Å². The molecule has 1 aliphatic heterocycles. The van der Waals surface area contributed by atoms with E-state index in [1.807, 2.05) is 6.92 Å². The third-order valence-electron chi connectivity index (χ3n) is 3.58. The highest BCUT2D eigenvalue weighted by Gasteiger charge is 2.22. The van der Waals surface area contributed by atoms with Crippen LogP contribution in [-0.2, 0) is 0 Å². The standard InChI is InChI=1S/C13H21N3OS/c1-4-16-6-5-11(8-16)7-14-13-12(10(3)17)9(2)15-18-13/h11,14H,4-8H2,1-3H3. The van der Waals surface area contributed by atoms with Crippen LogP contribution < -0.4 is 5.32 Å². The van der Waals surface area contributed by atoms with Gasteiger partial charge in [0.15, 0.2) is 5.78 Å². The number of carbonyl (C=O) groups is 1. The molecule has 0 aromatic carbocycles. The number of hydrogen-bond donors (Lipinski definition) is 1. The molecule has 0 spiro atoms. The maximum Gasteiger partial charge on any atom is 0.164 e. The molecule has 0 aliphatic carbocycles. The summed E-state index contributed by atoms with van der Waals surface area (Å²) in [7, 11) is 0. The summed E-state index contributed by atoms with van der Waals surface area (Å²) in [5, 5.41) is 4.35. The number of anilines is 1. The van der Waals surface area contributed by atoms with Crippen LogP contribution in [0.2, 0.25) is 0 Å². The van der Waals surface area contributed by atoms with Gasteiger partial charge in [-0.05, 0) is 50.8 Å². The fraction of sp³-hybridized carbons (Fsp3) is 0.692. The van der Waals surface area contributed by atoms with Crippen LogP contribution >= 0.6 is 11.5 Å². The van der Waals surface area contributed by atoms with Crippen molar-refractivity contribution in [3.05, 3.63) is 11.3 Å². The van der Waals surface area contributed by atoms with E-state index < -0.39 is 0 Å². The van der Waals surface area contributed by atoms with Gasteiger partial charge in [-0.3, -0.25) is 4.79 Å². The van der Waals surface area contributed by atoms with E-state index in [1.54, 1.807) is 6.92 Å². The molecule has 1 unspecified atom stereocenters. The van der Waals surface area contributed by atoms with Gasteiger partial charge in [0.25, 0.3) is 0 Å². The minimum absolute atomic E-state index is 0.102. The molecule has 18 heavy (non-hydrogen) atoms. The highest BCUT2D eigenvalue weighted by Crippen LogP contribution is 2.26. The van der Waals surface area contributed by atoms with Crippen LogP contribution in [0.1, 0.15) is 36.3 Å². The summed E-state index contributed by atoms with van der Waals surface area (Å²) >= 11 is 1.40. The highest BCUT2D eigenvalue weighted by atomic mass is 32.1. The van der Waals surface area contributed by atoms with Gasteiger partial charge in [-0.2, -0.15) is 4.37 Å². The first kappa shape index (κ1) is 13.5. The first-order chi connectivity index (χ1) is 8.61. The Morgan fingerprint density at radius 2 is 2.39 bits per heavy atom. The molecule has 0 bridgehead atoms. The van der Waals surface area contributed by atoms with E-state index in [9.17, 15) is 4.79 Å². The van der Waals surface area contributed by atoms with E-state index in [-0.39, 0.29) is 5.78 Å². The largest absolute Gasteiger partial charge is 0.375 e. The third kappa shape index (κ3) is 2.90. The predicted octanol–water partition coefficient (Wildman–Crippen LogP) is 2.41. The Kier molecular flexibility index (Phi) is 4.35. The minimum atomic E-state index is 0.102. The maximum atomic E-state index is 11.6. The van der Waals surface area contributed by atoms with Gasteiger partial charge in [-0.25, -0.2) is 0 Å². The summed E-state index contributed by atoms with van der Waals surface area (Å²) in [6, 6.07) is 0. The van der Waals surface area contributed by atoms with Gasteiger partial charge in [0.2, 0.25) is 0 Å². The SMILES string of the molecule is CCN1CCC(CNc2snc(C)c2C(C)=O)C1. The Hall–Kier alpha value is -0.940. The summed E-state index contributed by atoms with van der Waals surface area (Å²) in [4.78, 5) is 14.0. The smallest absolute Gasteiger partial charge is 0.164 e. The van der Waals surface area contributed by atoms with E-state index in [0.717, 1.165) is 35.9 Å². The number of aryl methyl sites for hydroxylation is 1. The van der Waals surface area contributed by atoms with Gasteiger partial charge in [-0.15, -0.1) is 0 Å². The lowest BCUT2D eigenvalue weighted by atomic mass is 10.1. The van der Waals surface area contributed by atoms with E-state index in [2.05, 4.69) is 21.5 Å². The molecule has 5 heteroatoms. The molecule has 100 valence electrons. The number of rotatable bonds is 5. The molecular weight excluding hydrogens is 246 g/mol. The van der Waals surface area contributed by atoms with Gasteiger partial charge in [0, 0.05) is 13.1 Å². The number of carbonyl (C=O) groups excluding carboxylic acids is 1. The molecule has 2 heterocycles. The molecule has 1 aromatic rings. The molecule has 1 atom stereocenters. The Morgan fingerprint density at radius 1 is 1.61 bits per heavy atom. The molecule has 1 fully saturated rings. The average Bonchev–Trinajstić information content (AvgIpc) is 2.92. The zero-order valence-corrected chi connectivity index (χ0v) is 12.1. The fourth-order valence-corrected chi connectivity index (χ4v) is 3.36. The van der Waals surface area contributed by atoms with Crippen molar-refractivity contribution in [3.8, 4) is 0 Å². The summed E-state index contributed by atoms with van der Waals surface area (Å²) < 4.78 is 4.26. The summed E-state index contributed by atoms with van der Waals surface area (Å²) in [5.41, 5.74) is 1.61. The lowest BCUT2D eigenvalue weighted by molar-refractivity contribution is 0.101. The van der Waals surface area contributed by atoms with Crippen molar-refractivity contribution < 1.29 is 4.79 Å². The molecule has 4 nitrogen and oxygen atoms in total. The first-order valence-electron chi connectivity index (χ1n) is 6.55. The number of ketones is 1. The predicted molar refractivity (Wildman–Crippen MR) is 75.6 cm³/mol. The van der Waals surface area contributed by atoms with Crippen molar-refractivity contribution in [3.63, 3.8) is 0 Å². The van der Waals surface area contributed by atoms with Gasteiger partial charge >= 0.3 is 0 Å². The molecular formula is C13H21N3OS. The number of hydrogen-bond acceptors (Lipinski definition) is 5. The van der Waals surface area contributed by atoms with Gasteiger partial charge in [0.05, 0.1) is 11.3 Å². The number of nitrogens with one attached hydrogen (secondary N) is 1. The van der Waals surface area contributed by atoms with Crippen LogP contribution in [0.5, 0.6) is 0 Å². The second kappa shape index (κ2) is 5.80. The van der Waals surface area contributed by atoms with E-state index in [4.69, 9.17) is 0 Å². The third-order valence-corrected chi connectivity index (χ3v) is 4.48. The van der Waals surface area contributed by atoms with Crippen molar-refractivity contribution in [1.82, 2.24) is 9.27 Å². The molecule has 1 N–H and O–H groups in total. The number of likely N-dealkylation sites (tertiary alicyclic amines) is 1. The lowest BCUT2D eigenvalue weighted by Gasteiger charge is -2.14. The minimum Gasteiger partial charge on any atom is -0.375 e. The van der Waals surface area contributed by atoms with Crippen LogP contribution in [-0.4, -0.2) is 41.2 Å². The lowest BCUT2D eigenvalue weighted by Crippen LogP contribution is -2.22. The number of nitrogens with zero attached hydrogens (tertiary/aromatic N) is 2. The van der Waals surface area contributed by atoms with E-state index >= 15 is 0 Å². The van der Waals surface area contributed by atoms with Crippen molar-refractivity contribution in [2.75, 3.05) is 31.5 Å². The van der Waals surface area contributed by atoms with Crippen LogP contribution in [0.4, 0.5) is 5.00 Å². The second-order valence-corrected chi connectivity index (χ2v) is 5.73. The molecule has 0 radical (unpaired) electrons. The molecule has 1 aliphatic rings. The summed E-state index contributed by atoms with van der Waals surface area (Å²) in [6.45, 7) is 10.1. The van der Waals surface area contributed by atoms with E-state index in [1.165, 1.54) is 24.5 Å². The molecule has 1 saturated heterocycles. The van der Waals surface area contributed by atoms with Crippen molar-refractivity contribution in [2.24, 2.45) is 5.92 Å². The van der Waals surface area contributed by atoms with Crippen LogP contribution in [0.3, 0.4) is 0 Å². The van der Waals surface area contributed by atoms with Gasteiger partial charge in [0.1, 0.15) is 5.00 Å². The van der Waals surface area contributed by atoms with Crippen molar-refractivity contribution in [1.29, 1.82) is 0 Å². The highest BCUT2D eigenvalue weighted by molar-refractivity contribution is 7.10. The fourth-order valence-electron chi connectivity index (χ4n) is 2.51. The van der Waals surface area contributed by atoms with Crippen LogP contribution in [0, 0.1) is 12.8 Å². The Labute approximate surface area is 113 Å². The van der Waals surface area contributed by atoms with E-state index in [0.29, 0.717) is 5.92 Å². The molecule has 0 amide bonds. The first-order valence-corrected chi connectivity index (χ1v) is 7.32. The molecule has 2 rings (SSSR count).